The van der Waals surface area contributed by atoms with E-state index in [1.54, 1.807) is 20.9 Å². The van der Waals surface area contributed by atoms with Crippen LogP contribution in [0.4, 0.5) is 0 Å². The molecule has 1 atom stereocenters. The van der Waals surface area contributed by atoms with Crippen LogP contribution in [0.5, 0.6) is 0 Å². The van der Waals surface area contributed by atoms with E-state index in [0.717, 1.165) is 14.9 Å². The molecule has 3 heterocycles. The number of nitrogens with zero attached hydrogens (tertiary/aromatic N) is 2. The zero-order valence-electron chi connectivity index (χ0n) is 8.95. The Hall–Kier alpha value is -0.950. The third-order valence-corrected chi connectivity index (χ3v) is 5.20. The standard InChI is InChI=1S/C11H7ClN2OS3/c12-9-2-1-8(18-9)11(7-5-16-6-13-7)14-10(15)3-4-17-14/h1-6,11H. The van der Waals surface area contributed by atoms with E-state index in [2.05, 4.69) is 4.98 Å². The molecule has 92 valence electrons. The quantitative estimate of drug-likeness (QED) is 0.738. The molecular formula is C11H7ClN2OS3. The molecule has 0 spiro atoms. The van der Waals surface area contributed by atoms with E-state index in [1.807, 2.05) is 17.5 Å². The predicted octanol–water partition coefficient (Wildman–Crippen LogP) is 3.72. The molecule has 0 aliphatic rings. The van der Waals surface area contributed by atoms with Gasteiger partial charge in [-0.25, -0.2) is 8.94 Å². The van der Waals surface area contributed by atoms with Crippen molar-refractivity contribution in [2.45, 2.75) is 6.04 Å². The van der Waals surface area contributed by atoms with Gasteiger partial charge in [-0.3, -0.25) is 4.79 Å². The Bertz CT molecular complexity index is 698. The third kappa shape index (κ3) is 2.16. The van der Waals surface area contributed by atoms with Gasteiger partial charge in [0.15, 0.2) is 0 Å². The number of hydrogen-bond acceptors (Lipinski definition) is 5. The Morgan fingerprint density at radius 1 is 1.33 bits per heavy atom. The molecule has 0 aliphatic carbocycles. The maximum absolute atomic E-state index is 11.9. The monoisotopic (exact) mass is 314 g/mol. The number of rotatable bonds is 3. The zero-order chi connectivity index (χ0) is 12.5. The van der Waals surface area contributed by atoms with E-state index in [1.165, 1.54) is 34.2 Å². The first-order chi connectivity index (χ1) is 8.75. The fourth-order valence-corrected chi connectivity index (χ4v) is 4.30. The Labute approximate surface area is 120 Å². The highest BCUT2D eigenvalue weighted by Gasteiger charge is 2.22. The molecule has 18 heavy (non-hydrogen) atoms. The van der Waals surface area contributed by atoms with Gasteiger partial charge in [0.2, 0.25) is 0 Å². The summed E-state index contributed by atoms with van der Waals surface area (Å²) in [5.74, 6) is 0. The van der Waals surface area contributed by atoms with Crippen molar-refractivity contribution in [3.63, 3.8) is 0 Å². The molecular weight excluding hydrogens is 308 g/mol. The van der Waals surface area contributed by atoms with Crippen LogP contribution in [-0.4, -0.2) is 8.94 Å². The average molecular weight is 315 g/mol. The first-order valence-electron chi connectivity index (χ1n) is 5.05. The second kappa shape index (κ2) is 4.97. The van der Waals surface area contributed by atoms with Crippen LogP contribution in [0.2, 0.25) is 4.34 Å². The topological polar surface area (TPSA) is 34.9 Å². The van der Waals surface area contributed by atoms with E-state index >= 15 is 0 Å². The number of aromatic nitrogens is 2. The van der Waals surface area contributed by atoms with Gasteiger partial charge in [0.1, 0.15) is 6.04 Å². The van der Waals surface area contributed by atoms with Crippen molar-refractivity contribution in [1.29, 1.82) is 0 Å². The summed E-state index contributed by atoms with van der Waals surface area (Å²) in [5.41, 5.74) is 2.64. The van der Waals surface area contributed by atoms with Gasteiger partial charge in [0.05, 0.1) is 15.5 Å². The fraction of sp³-hybridized carbons (Fsp3) is 0.0909. The van der Waals surface area contributed by atoms with Gasteiger partial charge in [-0.05, 0) is 12.1 Å². The van der Waals surface area contributed by atoms with Crippen LogP contribution < -0.4 is 5.56 Å². The Morgan fingerprint density at radius 2 is 2.22 bits per heavy atom. The zero-order valence-corrected chi connectivity index (χ0v) is 12.2. The minimum absolute atomic E-state index is 0.0116. The normalized spacial score (nSPS) is 12.7. The summed E-state index contributed by atoms with van der Waals surface area (Å²) in [6.07, 6.45) is 0. The highest BCUT2D eigenvalue weighted by atomic mass is 35.5. The highest BCUT2D eigenvalue weighted by molar-refractivity contribution is 7.16. The van der Waals surface area contributed by atoms with Crippen LogP contribution in [0, 0.1) is 0 Å². The van der Waals surface area contributed by atoms with Crippen LogP contribution >= 0.6 is 45.8 Å². The first kappa shape index (κ1) is 12.1. The van der Waals surface area contributed by atoms with E-state index in [9.17, 15) is 4.79 Å². The lowest BCUT2D eigenvalue weighted by Gasteiger charge is -2.13. The van der Waals surface area contributed by atoms with Gasteiger partial charge in [-0.15, -0.1) is 22.7 Å². The van der Waals surface area contributed by atoms with Gasteiger partial charge in [0.25, 0.3) is 5.56 Å². The largest absolute Gasteiger partial charge is 0.268 e. The summed E-state index contributed by atoms with van der Waals surface area (Å²) in [6.45, 7) is 0. The molecule has 0 radical (unpaired) electrons. The van der Waals surface area contributed by atoms with Crippen molar-refractivity contribution < 1.29 is 0 Å². The average Bonchev–Trinajstić information content (AvgIpc) is 3.05. The Kier molecular flexibility index (Phi) is 3.34. The minimum Gasteiger partial charge on any atom is -0.268 e. The second-order valence-electron chi connectivity index (χ2n) is 3.53. The van der Waals surface area contributed by atoms with Gasteiger partial charge in [-0.1, -0.05) is 23.1 Å². The van der Waals surface area contributed by atoms with Gasteiger partial charge >= 0.3 is 0 Å². The minimum atomic E-state index is -0.166. The van der Waals surface area contributed by atoms with Crippen LogP contribution in [0.25, 0.3) is 0 Å². The molecule has 3 aromatic heterocycles. The summed E-state index contributed by atoms with van der Waals surface area (Å²) in [7, 11) is 0. The molecule has 7 heteroatoms. The summed E-state index contributed by atoms with van der Waals surface area (Å²) in [5, 5.41) is 3.75. The summed E-state index contributed by atoms with van der Waals surface area (Å²) >= 11 is 10.4. The molecule has 0 amide bonds. The molecule has 0 aliphatic heterocycles. The van der Waals surface area contributed by atoms with Crippen molar-refractivity contribution >= 4 is 45.8 Å². The summed E-state index contributed by atoms with van der Waals surface area (Å²) < 4.78 is 2.44. The third-order valence-electron chi connectivity index (χ3n) is 2.43. The van der Waals surface area contributed by atoms with Crippen LogP contribution in [0.1, 0.15) is 16.6 Å². The van der Waals surface area contributed by atoms with Gasteiger partial charge in [-0.2, -0.15) is 0 Å². The van der Waals surface area contributed by atoms with Gasteiger partial charge < -0.3 is 0 Å². The van der Waals surface area contributed by atoms with Crippen LogP contribution in [-0.2, 0) is 0 Å². The molecule has 0 saturated carbocycles. The first-order valence-corrected chi connectivity index (χ1v) is 8.03. The molecule has 3 nitrogen and oxygen atoms in total. The number of halogens is 1. The molecule has 3 rings (SSSR count). The van der Waals surface area contributed by atoms with Crippen LogP contribution in [0.3, 0.4) is 0 Å². The number of hydrogen-bond donors (Lipinski definition) is 0. The van der Waals surface area contributed by atoms with E-state index in [-0.39, 0.29) is 11.6 Å². The maximum atomic E-state index is 11.9. The second-order valence-corrected chi connectivity index (χ2v) is 6.87. The highest BCUT2D eigenvalue weighted by Crippen LogP contribution is 2.33. The van der Waals surface area contributed by atoms with Gasteiger partial charge in [0, 0.05) is 21.7 Å². The Morgan fingerprint density at radius 3 is 2.78 bits per heavy atom. The van der Waals surface area contributed by atoms with Crippen LogP contribution in [0.15, 0.2) is 39.3 Å². The molecule has 0 N–H and O–H groups in total. The van der Waals surface area contributed by atoms with Crippen molar-refractivity contribution in [3.05, 3.63) is 59.7 Å². The molecule has 0 fully saturated rings. The molecule has 0 aromatic carbocycles. The predicted molar refractivity (Wildman–Crippen MR) is 77.3 cm³/mol. The molecule has 0 bridgehead atoms. The molecule has 1 unspecified atom stereocenters. The fourth-order valence-electron chi connectivity index (χ4n) is 1.68. The number of thiazole rings is 1. The SMILES string of the molecule is O=c1ccsn1C(c1cscn1)c1ccc(Cl)s1. The van der Waals surface area contributed by atoms with E-state index < -0.39 is 0 Å². The summed E-state index contributed by atoms with van der Waals surface area (Å²) in [4.78, 5) is 17.2. The smallest absolute Gasteiger partial charge is 0.261 e. The van der Waals surface area contributed by atoms with Crippen molar-refractivity contribution in [2.24, 2.45) is 0 Å². The lowest BCUT2D eigenvalue weighted by molar-refractivity contribution is 0.710. The van der Waals surface area contributed by atoms with E-state index in [4.69, 9.17) is 11.6 Å². The molecule has 3 aromatic rings. The lowest BCUT2D eigenvalue weighted by Crippen LogP contribution is -2.20. The van der Waals surface area contributed by atoms with E-state index in [0.29, 0.717) is 0 Å². The lowest BCUT2D eigenvalue weighted by atomic mass is 10.2. The summed E-state index contributed by atoms with van der Waals surface area (Å²) in [6, 6.07) is 5.20. The van der Waals surface area contributed by atoms with Crippen molar-refractivity contribution in [3.8, 4) is 0 Å². The molecule has 0 saturated heterocycles. The van der Waals surface area contributed by atoms with Crippen molar-refractivity contribution in [1.82, 2.24) is 8.94 Å². The number of thiophene rings is 1. The van der Waals surface area contributed by atoms with Crippen molar-refractivity contribution in [2.75, 3.05) is 0 Å². The Balaban J connectivity index is 2.16. The maximum Gasteiger partial charge on any atom is 0.261 e.